The number of aliphatic hydroxyl groups is 5. The van der Waals surface area contributed by atoms with Crippen molar-refractivity contribution in [3.8, 4) is 17.1 Å². The highest BCUT2D eigenvalue weighted by molar-refractivity contribution is 7.27. The molecule has 0 aliphatic rings. The number of fused-ring (bicyclic) bond motifs is 11. The summed E-state index contributed by atoms with van der Waals surface area (Å²) in [4.78, 5) is 9.69. The topological polar surface area (TPSA) is 132 Å². The highest BCUT2D eigenvalue weighted by Crippen LogP contribution is 2.48. The first-order chi connectivity index (χ1) is 25.4. The number of rotatable bonds is 6. The molecule has 0 aliphatic carbocycles. The molecule has 0 aliphatic heterocycles. The summed E-state index contributed by atoms with van der Waals surface area (Å²) >= 11 is 1.78. The van der Waals surface area contributed by atoms with Crippen LogP contribution in [0.4, 0.5) is 0 Å². The predicted molar refractivity (Wildman–Crippen MR) is 210 cm³/mol. The van der Waals surface area contributed by atoms with E-state index < -0.39 is 29.6 Å². The first-order valence-electron chi connectivity index (χ1n) is 16.5. The van der Waals surface area contributed by atoms with Crippen LogP contribution in [0.5, 0.6) is 0 Å². The molecule has 0 amide bonds. The number of nitrogens with zero attached hydrogens (tertiary/aromatic N) is 3. The maximum Gasteiger partial charge on any atom is 0.199 e. The summed E-state index contributed by atoms with van der Waals surface area (Å²) in [5.74, 6) is -3.11. The predicted octanol–water partition coefficient (Wildman–Crippen LogP) is 10.6. The molecule has 0 saturated carbocycles. The average Bonchev–Trinajstić information content (AvgIpc) is 3.74. The highest BCUT2D eigenvalue weighted by Gasteiger charge is 2.24. The number of para-hydroxylation sites is 2. The standard InChI is InChI=1S/C43H29N3O5S/c1-23(48)35(41(51)40(50)33(49)22-47)38-28-15-4-7-18-31(28)44-43(45-38)24-11-10-12-25(21-24)46-32-19-8-5-16-29(32)36-26-13-2-3-14-27(26)37-30-17-6-9-20-34(30)52-42(37)39(36)46/h2-21,47-51H,1,22H2/b40-33-,41-35-. The molecule has 0 unspecified atom stereocenters. The highest BCUT2D eigenvalue weighted by atomic mass is 32.1. The second-order valence-corrected chi connectivity index (χ2v) is 13.6. The van der Waals surface area contributed by atoms with Gasteiger partial charge in [0.05, 0.1) is 32.5 Å². The molecule has 3 aromatic heterocycles. The van der Waals surface area contributed by atoms with Crippen LogP contribution >= 0.6 is 11.3 Å². The lowest BCUT2D eigenvalue weighted by Crippen LogP contribution is -2.06. The molecule has 9 aromatic rings. The van der Waals surface area contributed by atoms with Crippen LogP contribution in [0.2, 0.25) is 0 Å². The minimum Gasteiger partial charge on any atom is -0.508 e. The van der Waals surface area contributed by atoms with E-state index in [0.29, 0.717) is 16.5 Å². The van der Waals surface area contributed by atoms with Crippen molar-refractivity contribution in [1.82, 2.24) is 14.5 Å². The lowest BCUT2D eigenvalue weighted by atomic mass is 9.99. The van der Waals surface area contributed by atoms with Crippen LogP contribution in [0.3, 0.4) is 0 Å². The average molecular weight is 700 g/mol. The molecule has 252 valence electrons. The molecule has 0 radical (unpaired) electrons. The molecular formula is C43H29N3O5S. The third-order valence-corrected chi connectivity index (χ3v) is 10.7. The smallest absolute Gasteiger partial charge is 0.199 e. The molecule has 52 heavy (non-hydrogen) atoms. The van der Waals surface area contributed by atoms with E-state index in [1.54, 1.807) is 29.5 Å². The van der Waals surface area contributed by atoms with Crippen LogP contribution in [0, 0.1) is 0 Å². The second kappa shape index (κ2) is 12.0. The van der Waals surface area contributed by atoms with Gasteiger partial charge in [0.2, 0.25) is 0 Å². The Morgan fingerprint density at radius 2 is 1.31 bits per heavy atom. The maximum absolute atomic E-state index is 11.0. The van der Waals surface area contributed by atoms with E-state index in [1.807, 2.05) is 30.3 Å². The Balaban J connectivity index is 1.35. The SMILES string of the molecule is C=C(O)/C(=C(O)\C(O)=C(\O)CO)c1nc(-c2cccc(-n3c4ccccc4c4c5ccccc5c5c6ccccc6sc5c43)c2)nc2ccccc12. The summed E-state index contributed by atoms with van der Waals surface area (Å²) in [7, 11) is 0. The van der Waals surface area contributed by atoms with Crippen LogP contribution in [-0.2, 0) is 0 Å². The fraction of sp³-hybridized carbons (Fsp3) is 0.0233. The zero-order chi connectivity index (χ0) is 35.7. The van der Waals surface area contributed by atoms with Crippen LogP contribution in [-0.4, -0.2) is 46.7 Å². The van der Waals surface area contributed by atoms with E-state index in [0.717, 1.165) is 22.1 Å². The maximum atomic E-state index is 11.0. The molecule has 0 fully saturated rings. The number of aliphatic hydroxyl groups excluding tert-OH is 5. The Bertz CT molecular complexity index is 3030. The zero-order valence-electron chi connectivity index (χ0n) is 27.4. The molecular weight excluding hydrogens is 671 g/mol. The van der Waals surface area contributed by atoms with E-state index in [2.05, 4.69) is 83.9 Å². The van der Waals surface area contributed by atoms with Gasteiger partial charge >= 0.3 is 0 Å². The molecule has 6 aromatic carbocycles. The summed E-state index contributed by atoms with van der Waals surface area (Å²) in [6.07, 6.45) is 0. The van der Waals surface area contributed by atoms with Gasteiger partial charge < -0.3 is 30.1 Å². The molecule has 5 N–H and O–H groups in total. The zero-order valence-corrected chi connectivity index (χ0v) is 28.3. The van der Waals surface area contributed by atoms with Gasteiger partial charge in [-0.15, -0.1) is 11.3 Å². The number of benzene rings is 6. The lowest BCUT2D eigenvalue weighted by Gasteiger charge is -2.15. The van der Waals surface area contributed by atoms with Crippen molar-refractivity contribution in [2.75, 3.05) is 6.61 Å². The first kappa shape index (κ1) is 31.3. The fourth-order valence-electron chi connectivity index (χ4n) is 7.29. The van der Waals surface area contributed by atoms with E-state index in [1.165, 1.54) is 36.3 Å². The van der Waals surface area contributed by atoms with Crippen LogP contribution < -0.4 is 0 Å². The molecule has 8 nitrogen and oxygen atoms in total. The Hall–Kier alpha value is -6.68. The van der Waals surface area contributed by atoms with Gasteiger partial charge in [0.1, 0.15) is 12.4 Å². The second-order valence-electron chi connectivity index (χ2n) is 12.5. The Morgan fingerprint density at radius 3 is 2.06 bits per heavy atom. The first-order valence-corrected chi connectivity index (χ1v) is 17.3. The quantitative estimate of drug-likeness (QED) is 0.0862. The summed E-state index contributed by atoms with van der Waals surface area (Å²) in [6.45, 7) is 2.66. The molecule has 3 heterocycles. The molecule has 0 bridgehead atoms. The van der Waals surface area contributed by atoms with Crippen molar-refractivity contribution in [3.05, 3.63) is 157 Å². The van der Waals surface area contributed by atoms with Crippen LogP contribution in [0.25, 0.3) is 86.3 Å². The summed E-state index contributed by atoms with van der Waals surface area (Å²) in [5.41, 5.74) is 3.94. The number of allylic oxidation sites excluding steroid dienone is 1. The fourth-order valence-corrected chi connectivity index (χ4v) is 8.55. The summed E-state index contributed by atoms with van der Waals surface area (Å²) < 4.78 is 4.70. The van der Waals surface area contributed by atoms with Gasteiger partial charge in [-0.05, 0) is 41.1 Å². The molecule has 9 rings (SSSR count). The van der Waals surface area contributed by atoms with Crippen molar-refractivity contribution in [1.29, 1.82) is 0 Å². The minimum absolute atomic E-state index is 0.0728. The summed E-state index contributed by atoms with van der Waals surface area (Å²) in [5, 5.41) is 59.2. The van der Waals surface area contributed by atoms with Crippen LogP contribution in [0.15, 0.2) is 151 Å². The third kappa shape index (κ3) is 4.64. The number of thiophene rings is 1. The van der Waals surface area contributed by atoms with Gasteiger partial charge in [-0.2, -0.15) is 0 Å². The molecule has 0 spiro atoms. The van der Waals surface area contributed by atoms with Gasteiger partial charge in [0, 0.05) is 42.9 Å². The van der Waals surface area contributed by atoms with E-state index in [4.69, 9.17) is 9.97 Å². The van der Waals surface area contributed by atoms with Crippen molar-refractivity contribution < 1.29 is 25.5 Å². The molecule has 0 saturated heterocycles. The van der Waals surface area contributed by atoms with Crippen molar-refractivity contribution in [2.24, 2.45) is 0 Å². The van der Waals surface area contributed by atoms with Gasteiger partial charge in [-0.25, -0.2) is 9.97 Å². The minimum atomic E-state index is -1.01. The normalized spacial score (nSPS) is 13.0. The van der Waals surface area contributed by atoms with Gasteiger partial charge in [0.15, 0.2) is 23.1 Å². The van der Waals surface area contributed by atoms with Gasteiger partial charge in [-0.1, -0.05) is 97.6 Å². The Kier molecular flexibility index (Phi) is 7.21. The van der Waals surface area contributed by atoms with E-state index in [-0.39, 0.29) is 17.1 Å². The van der Waals surface area contributed by atoms with Crippen molar-refractivity contribution >= 4 is 80.6 Å². The number of hydrogen-bond acceptors (Lipinski definition) is 8. The third-order valence-electron chi connectivity index (χ3n) is 9.53. The van der Waals surface area contributed by atoms with Crippen molar-refractivity contribution in [3.63, 3.8) is 0 Å². The van der Waals surface area contributed by atoms with Gasteiger partial charge in [-0.3, -0.25) is 0 Å². The van der Waals surface area contributed by atoms with Crippen molar-refractivity contribution in [2.45, 2.75) is 0 Å². The summed E-state index contributed by atoms with van der Waals surface area (Å²) in [6, 6.07) is 40.5. The van der Waals surface area contributed by atoms with E-state index >= 15 is 0 Å². The van der Waals surface area contributed by atoms with E-state index in [9.17, 15) is 25.5 Å². The van der Waals surface area contributed by atoms with Gasteiger partial charge in [0.25, 0.3) is 0 Å². The largest absolute Gasteiger partial charge is 0.508 e. The Labute approximate surface area is 300 Å². The molecule has 0 atom stereocenters. The number of hydrogen-bond donors (Lipinski definition) is 5. The molecule has 9 heteroatoms. The lowest BCUT2D eigenvalue weighted by molar-refractivity contribution is 0.218. The van der Waals surface area contributed by atoms with Crippen LogP contribution in [0.1, 0.15) is 5.69 Å². The monoisotopic (exact) mass is 699 g/mol. The Morgan fingerprint density at radius 1 is 0.654 bits per heavy atom. The number of aromatic nitrogens is 3.